The first kappa shape index (κ1) is 21.3. The molecule has 2 saturated heterocycles. The van der Waals surface area contributed by atoms with E-state index in [2.05, 4.69) is 48.2 Å². The number of hydrogen-bond acceptors (Lipinski definition) is 3. The molecule has 1 amide bonds. The average Bonchev–Trinajstić information content (AvgIpc) is 3.02. The smallest absolute Gasteiger partial charge is 0.234 e. The van der Waals surface area contributed by atoms with E-state index in [4.69, 9.17) is 0 Å². The van der Waals surface area contributed by atoms with Crippen molar-refractivity contribution in [2.45, 2.75) is 76.4 Å². The van der Waals surface area contributed by atoms with Gasteiger partial charge in [-0.05, 0) is 96.1 Å². The zero-order valence-electron chi connectivity index (χ0n) is 18.6. The molecule has 0 bridgehead atoms. The Morgan fingerprint density at radius 1 is 1.17 bits per heavy atom. The van der Waals surface area contributed by atoms with Gasteiger partial charge in [-0.3, -0.25) is 9.69 Å². The maximum atomic E-state index is 13.4. The fourth-order valence-electron chi connectivity index (χ4n) is 5.76. The molecule has 2 aliphatic rings. The number of piperidine rings is 2. The molecule has 30 heavy (non-hydrogen) atoms. The van der Waals surface area contributed by atoms with Gasteiger partial charge in [-0.15, -0.1) is 0 Å². The van der Waals surface area contributed by atoms with Crippen molar-refractivity contribution >= 4 is 16.8 Å². The molecule has 2 aromatic rings. The maximum Gasteiger partial charge on any atom is 0.234 e. The van der Waals surface area contributed by atoms with Crippen LogP contribution in [0.25, 0.3) is 10.9 Å². The van der Waals surface area contributed by atoms with Gasteiger partial charge >= 0.3 is 0 Å². The van der Waals surface area contributed by atoms with E-state index in [9.17, 15) is 9.18 Å². The summed E-state index contributed by atoms with van der Waals surface area (Å²) < 4.78 is 13.4. The summed E-state index contributed by atoms with van der Waals surface area (Å²) in [7, 11) is 0. The van der Waals surface area contributed by atoms with Crippen LogP contribution < -0.4 is 10.6 Å². The monoisotopic (exact) mass is 414 g/mol. The molecule has 0 aliphatic carbocycles. The number of aromatic amines is 1. The lowest BCUT2D eigenvalue weighted by Gasteiger charge is -2.46. The fraction of sp³-hybridized carbons (Fsp3) is 0.625. The number of hydrogen-bond donors (Lipinski definition) is 3. The van der Waals surface area contributed by atoms with Crippen molar-refractivity contribution in [2.24, 2.45) is 0 Å². The summed E-state index contributed by atoms with van der Waals surface area (Å²) in [4.78, 5) is 18.2. The van der Waals surface area contributed by atoms with Crippen molar-refractivity contribution in [1.29, 1.82) is 0 Å². The van der Waals surface area contributed by atoms with Crippen molar-refractivity contribution in [1.82, 2.24) is 20.5 Å². The molecular weight excluding hydrogens is 379 g/mol. The summed E-state index contributed by atoms with van der Waals surface area (Å²) >= 11 is 0. The Hall–Kier alpha value is -1.92. The SMILES string of the molecule is CC1(C)CC(NC(=O)CN2CCC(c3c[nH]c4cc(F)ccc34)CC2)CC(C)(C)N1. The molecule has 0 atom stereocenters. The summed E-state index contributed by atoms with van der Waals surface area (Å²) in [5.41, 5.74) is 2.19. The topological polar surface area (TPSA) is 60.2 Å². The van der Waals surface area contributed by atoms with Crippen LogP contribution in [0.4, 0.5) is 4.39 Å². The molecule has 3 heterocycles. The third-order valence-corrected chi connectivity index (χ3v) is 6.63. The minimum atomic E-state index is -0.211. The number of carbonyl (C=O) groups excluding carboxylic acids is 1. The number of fused-ring (bicyclic) bond motifs is 1. The highest BCUT2D eigenvalue weighted by Gasteiger charge is 2.38. The van der Waals surface area contributed by atoms with Gasteiger partial charge in [0.1, 0.15) is 5.82 Å². The highest BCUT2D eigenvalue weighted by molar-refractivity contribution is 5.83. The van der Waals surface area contributed by atoms with Crippen LogP contribution in [-0.2, 0) is 4.79 Å². The first-order valence-electron chi connectivity index (χ1n) is 11.2. The predicted molar refractivity (Wildman–Crippen MR) is 119 cm³/mol. The van der Waals surface area contributed by atoms with Crippen molar-refractivity contribution in [2.75, 3.05) is 19.6 Å². The molecule has 0 spiro atoms. The van der Waals surface area contributed by atoms with Gasteiger partial charge < -0.3 is 15.6 Å². The van der Waals surface area contributed by atoms with Gasteiger partial charge in [-0.2, -0.15) is 0 Å². The van der Waals surface area contributed by atoms with Gasteiger partial charge in [0.15, 0.2) is 0 Å². The molecule has 2 aliphatic heterocycles. The third kappa shape index (κ3) is 4.86. The summed E-state index contributed by atoms with van der Waals surface area (Å²) in [5.74, 6) is 0.376. The van der Waals surface area contributed by atoms with E-state index < -0.39 is 0 Å². The van der Waals surface area contributed by atoms with Crippen LogP contribution in [0.15, 0.2) is 24.4 Å². The fourth-order valence-corrected chi connectivity index (χ4v) is 5.76. The standard InChI is InChI=1S/C24H35FN4O/c1-23(2)12-18(13-24(3,4)28-23)27-22(30)15-29-9-7-16(8-10-29)20-14-26-21-11-17(25)5-6-19(20)21/h5-6,11,14,16,18,26,28H,7-10,12-13,15H2,1-4H3,(H,27,30). The summed E-state index contributed by atoms with van der Waals surface area (Å²) in [6.45, 7) is 11.1. The lowest BCUT2D eigenvalue weighted by Crippen LogP contribution is -2.62. The van der Waals surface area contributed by atoms with E-state index in [-0.39, 0.29) is 28.8 Å². The molecule has 4 rings (SSSR count). The van der Waals surface area contributed by atoms with Crippen LogP contribution in [0.1, 0.15) is 64.9 Å². The van der Waals surface area contributed by atoms with Crippen molar-refractivity contribution in [3.8, 4) is 0 Å². The second-order valence-corrected chi connectivity index (χ2v) is 10.5. The van der Waals surface area contributed by atoms with E-state index in [1.54, 1.807) is 6.07 Å². The minimum absolute atomic E-state index is 0.0281. The Morgan fingerprint density at radius 3 is 2.50 bits per heavy atom. The Kier molecular flexibility index (Phi) is 5.66. The van der Waals surface area contributed by atoms with E-state index in [0.717, 1.165) is 49.7 Å². The Labute approximate surface area is 178 Å². The summed E-state index contributed by atoms with van der Waals surface area (Å²) in [6.07, 6.45) is 5.96. The molecular formula is C24H35FN4O. The van der Waals surface area contributed by atoms with Crippen LogP contribution in [0.2, 0.25) is 0 Å². The number of H-pyrrole nitrogens is 1. The van der Waals surface area contributed by atoms with Crippen molar-refractivity contribution in [3.63, 3.8) is 0 Å². The molecule has 2 fully saturated rings. The number of halogens is 1. The van der Waals surface area contributed by atoms with Crippen LogP contribution in [0.3, 0.4) is 0 Å². The zero-order valence-corrected chi connectivity index (χ0v) is 18.6. The number of nitrogens with one attached hydrogen (secondary N) is 3. The van der Waals surface area contributed by atoms with Crippen LogP contribution in [0, 0.1) is 5.82 Å². The molecule has 0 radical (unpaired) electrons. The predicted octanol–water partition coefficient (Wildman–Crippen LogP) is 3.91. The number of aromatic nitrogens is 1. The number of benzene rings is 1. The normalized spacial score (nSPS) is 23.0. The molecule has 0 saturated carbocycles. The van der Waals surface area contributed by atoms with Gasteiger partial charge in [0.2, 0.25) is 5.91 Å². The van der Waals surface area contributed by atoms with E-state index >= 15 is 0 Å². The summed E-state index contributed by atoms with van der Waals surface area (Å²) in [6, 6.07) is 5.18. The Balaban J connectivity index is 1.30. The largest absolute Gasteiger partial charge is 0.361 e. The Morgan fingerprint density at radius 2 is 1.83 bits per heavy atom. The second kappa shape index (κ2) is 7.97. The van der Waals surface area contributed by atoms with Gasteiger partial charge in [0.05, 0.1) is 6.54 Å². The molecule has 6 heteroatoms. The van der Waals surface area contributed by atoms with Crippen molar-refractivity contribution < 1.29 is 9.18 Å². The molecule has 3 N–H and O–H groups in total. The first-order valence-corrected chi connectivity index (χ1v) is 11.2. The number of rotatable bonds is 4. The summed E-state index contributed by atoms with van der Waals surface area (Å²) in [5, 5.41) is 8.06. The lowest BCUT2D eigenvalue weighted by molar-refractivity contribution is -0.123. The minimum Gasteiger partial charge on any atom is -0.361 e. The second-order valence-electron chi connectivity index (χ2n) is 10.5. The number of carbonyl (C=O) groups is 1. The molecule has 0 unspecified atom stereocenters. The lowest BCUT2D eigenvalue weighted by atomic mass is 9.79. The molecule has 1 aromatic heterocycles. The average molecular weight is 415 g/mol. The quantitative estimate of drug-likeness (QED) is 0.711. The van der Waals surface area contributed by atoms with Crippen LogP contribution in [-0.4, -0.2) is 52.5 Å². The number of nitrogens with zero attached hydrogens (tertiary/aromatic N) is 1. The van der Waals surface area contributed by atoms with Gasteiger partial charge in [0.25, 0.3) is 0 Å². The van der Waals surface area contributed by atoms with E-state index in [1.807, 2.05) is 12.3 Å². The number of amides is 1. The zero-order chi connectivity index (χ0) is 21.5. The van der Waals surface area contributed by atoms with Gasteiger partial charge in [0, 0.05) is 34.2 Å². The van der Waals surface area contributed by atoms with E-state index in [1.165, 1.54) is 11.6 Å². The molecule has 1 aromatic carbocycles. The van der Waals surface area contributed by atoms with Crippen LogP contribution in [0.5, 0.6) is 0 Å². The van der Waals surface area contributed by atoms with Crippen LogP contribution >= 0.6 is 0 Å². The molecule has 164 valence electrons. The van der Waals surface area contributed by atoms with Crippen molar-refractivity contribution in [3.05, 3.63) is 35.8 Å². The first-order chi connectivity index (χ1) is 14.1. The van der Waals surface area contributed by atoms with Gasteiger partial charge in [-0.25, -0.2) is 4.39 Å². The van der Waals surface area contributed by atoms with Gasteiger partial charge in [-0.1, -0.05) is 0 Å². The highest BCUT2D eigenvalue weighted by atomic mass is 19.1. The third-order valence-electron chi connectivity index (χ3n) is 6.63. The Bertz CT molecular complexity index is 895. The van der Waals surface area contributed by atoms with E-state index in [0.29, 0.717) is 12.5 Å². The maximum absolute atomic E-state index is 13.4. The number of likely N-dealkylation sites (tertiary alicyclic amines) is 1. The highest BCUT2D eigenvalue weighted by Crippen LogP contribution is 2.33. The molecule has 5 nitrogen and oxygen atoms in total.